The molecule has 1 fully saturated rings. The third-order valence-electron chi connectivity index (χ3n) is 5.68. The van der Waals surface area contributed by atoms with Gasteiger partial charge in [0.25, 0.3) is 11.8 Å². The van der Waals surface area contributed by atoms with Crippen LogP contribution < -0.4 is 10.1 Å². The summed E-state index contributed by atoms with van der Waals surface area (Å²) in [5.41, 5.74) is 3.75. The molecule has 4 rings (SSSR count). The first-order valence-electron chi connectivity index (χ1n) is 10.8. The Morgan fingerprint density at radius 3 is 2.56 bits per heavy atom. The monoisotopic (exact) mass is 433 g/mol. The van der Waals surface area contributed by atoms with E-state index in [1.807, 2.05) is 49.1 Å². The molecule has 0 spiro atoms. The van der Waals surface area contributed by atoms with Crippen molar-refractivity contribution in [3.8, 4) is 5.75 Å². The van der Waals surface area contributed by atoms with E-state index in [0.29, 0.717) is 30.0 Å². The molecule has 1 N–H and O–H groups in total. The highest BCUT2D eigenvalue weighted by molar-refractivity contribution is 5.95. The average molecular weight is 434 g/mol. The molecule has 0 aliphatic carbocycles. The Balaban J connectivity index is 1.35. The third-order valence-corrected chi connectivity index (χ3v) is 5.68. The lowest BCUT2D eigenvalue weighted by molar-refractivity contribution is 0.0792. The summed E-state index contributed by atoms with van der Waals surface area (Å²) in [5.74, 6) is 1.17. The summed E-state index contributed by atoms with van der Waals surface area (Å²) < 4.78 is 11.0. The number of hydrogen-bond donors (Lipinski definition) is 1. The highest BCUT2D eigenvalue weighted by atomic mass is 16.5. The van der Waals surface area contributed by atoms with Crippen molar-refractivity contribution in [1.29, 1.82) is 0 Å². The van der Waals surface area contributed by atoms with Crippen LogP contribution in [-0.2, 0) is 13.2 Å². The predicted molar refractivity (Wildman–Crippen MR) is 120 cm³/mol. The molecule has 2 heterocycles. The van der Waals surface area contributed by atoms with Gasteiger partial charge in [0, 0.05) is 30.8 Å². The Kier molecular flexibility index (Phi) is 6.54. The number of likely N-dealkylation sites (tertiary alicyclic amines) is 1. The van der Waals surface area contributed by atoms with Crippen molar-refractivity contribution in [2.45, 2.75) is 39.8 Å². The van der Waals surface area contributed by atoms with E-state index >= 15 is 0 Å². The van der Waals surface area contributed by atoms with E-state index < -0.39 is 0 Å². The molecule has 7 nitrogen and oxygen atoms in total. The molecule has 0 unspecified atom stereocenters. The van der Waals surface area contributed by atoms with Gasteiger partial charge in [0.05, 0.1) is 11.3 Å². The van der Waals surface area contributed by atoms with E-state index in [1.165, 1.54) is 0 Å². The second kappa shape index (κ2) is 9.68. The van der Waals surface area contributed by atoms with E-state index in [0.717, 1.165) is 48.5 Å². The van der Waals surface area contributed by atoms with Crippen LogP contribution >= 0.6 is 0 Å². The van der Waals surface area contributed by atoms with Gasteiger partial charge in [0.15, 0.2) is 0 Å². The molecule has 1 saturated heterocycles. The van der Waals surface area contributed by atoms with Crippen LogP contribution in [0.4, 0.5) is 0 Å². The largest absolute Gasteiger partial charge is 0.489 e. The zero-order valence-electron chi connectivity index (χ0n) is 18.4. The van der Waals surface area contributed by atoms with Crippen molar-refractivity contribution < 1.29 is 18.8 Å². The molecule has 1 aliphatic rings. The van der Waals surface area contributed by atoms with Gasteiger partial charge in [0.2, 0.25) is 0 Å². The van der Waals surface area contributed by atoms with Gasteiger partial charge in [-0.2, -0.15) is 0 Å². The molecule has 7 heteroatoms. The summed E-state index contributed by atoms with van der Waals surface area (Å²) in [6, 6.07) is 14.5. The Hall–Kier alpha value is -3.61. The van der Waals surface area contributed by atoms with E-state index in [2.05, 4.69) is 10.5 Å². The number of amides is 2. The summed E-state index contributed by atoms with van der Waals surface area (Å²) in [4.78, 5) is 27.2. The standard InChI is InChI=1S/C25H27N3O4/c1-17-23(18(2)32-27-17)16-31-22-10-6-8-20(14-22)24(29)26-15-19-7-5-9-21(13-19)25(30)28-11-3-4-12-28/h5-10,13-14H,3-4,11-12,15-16H2,1-2H3,(H,26,29). The normalized spacial score (nSPS) is 13.2. The number of nitrogens with zero attached hydrogens (tertiary/aromatic N) is 2. The van der Waals surface area contributed by atoms with Crippen molar-refractivity contribution in [2.75, 3.05) is 13.1 Å². The fourth-order valence-electron chi connectivity index (χ4n) is 3.79. The van der Waals surface area contributed by atoms with E-state index in [4.69, 9.17) is 9.26 Å². The lowest BCUT2D eigenvalue weighted by Gasteiger charge is -2.15. The predicted octanol–water partition coefficient (Wildman–Crippen LogP) is 4.04. The second-order valence-electron chi connectivity index (χ2n) is 8.00. The minimum Gasteiger partial charge on any atom is -0.489 e. The first-order chi connectivity index (χ1) is 15.5. The second-order valence-corrected chi connectivity index (χ2v) is 8.00. The summed E-state index contributed by atoms with van der Waals surface area (Å²) in [7, 11) is 0. The topological polar surface area (TPSA) is 84.7 Å². The van der Waals surface area contributed by atoms with Crippen molar-refractivity contribution in [2.24, 2.45) is 0 Å². The van der Waals surface area contributed by atoms with E-state index in [-0.39, 0.29) is 11.8 Å². The van der Waals surface area contributed by atoms with Gasteiger partial charge in [-0.25, -0.2) is 0 Å². The van der Waals surface area contributed by atoms with Crippen LogP contribution in [-0.4, -0.2) is 35.0 Å². The number of carbonyl (C=O) groups is 2. The smallest absolute Gasteiger partial charge is 0.253 e. The SMILES string of the molecule is Cc1noc(C)c1COc1cccc(C(=O)NCc2cccc(C(=O)N3CCCC3)c2)c1. The summed E-state index contributed by atoms with van der Waals surface area (Å²) in [6.45, 7) is 6.00. The molecular formula is C25H27N3O4. The molecule has 166 valence electrons. The highest BCUT2D eigenvalue weighted by Gasteiger charge is 2.19. The van der Waals surface area contributed by atoms with Crippen LogP contribution in [0.3, 0.4) is 0 Å². The fraction of sp³-hybridized carbons (Fsp3) is 0.320. The number of carbonyl (C=O) groups excluding carboxylic acids is 2. The molecule has 3 aromatic rings. The lowest BCUT2D eigenvalue weighted by Crippen LogP contribution is -2.28. The minimum atomic E-state index is -0.205. The number of ether oxygens (including phenoxy) is 1. The molecular weight excluding hydrogens is 406 g/mol. The van der Waals surface area contributed by atoms with Gasteiger partial charge < -0.3 is 19.5 Å². The Morgan fingerprint density at radius 1 is 1.06 bits per heavy atom. The van der Waals surface area contributed by atoms with Crippen LogP contribution in [0.5, 0.6) is 5.75 Å². The number of hydrogen-bond acceptors (Lipinski definition) is 5. The summed E-state index contributed by atoms with van der Waals surface area (Å²) in [5, 5.41) is 6.85. The van der Waals surface area contributed by atoms with Gasteiger partial charge in [-0.3, -0.25) is 9.59 Å². The van der Waals surface area contributed by atoms with Crippen LogP contribution in [0.25, 0.3) is 0 Å². The van der Waals surface area contributed by atoms with Gasteiger partial charge >= 0.3 is 0 Å². The van der Waals surface area contributed by atoms with Crippen molar-refractivity contribution in [3.63, 3.8) is 0 Å². The first kappa shape index (κ1) is 21.6. The Labute approximate surface area is 187 Å². The maximum atomic E-state index is 12.7. The maximum absolute atomic E-state index is 12.7. The quantitative estimate of drug-likeness (QED) is 0.608. The molecule has 32 heavy (non-hydrogen) atoms. The molecule has 1 aliphatic heterocycles. The Bertz CT molecular complexity index is 1100. The van der Waals surface area contributed by atoms with Gasteiger partial charge in [-0.15, -0.1) is 0 Å². The molecule has 0 radical (unpaired) electrons. The fourth-order valence-corrected chi connectivity index (χ4v) is 3.79. The average Bonchev–Trinajstić information content (AvgIpc) is 3.46. The lowest BCUT2D eigenvalue weighted by atomic mass is 10.1. The number of aromatic nitrogens is 1. The zero-order valence-corrected chi connectivity index (χ0v) is 18.4. The van der Waals surface area contributed by atoms with Gasteiger partial charge in [-0.1, -0.05) is 23.4 Å². The van der Waals surface area contributed by atoms with Crippen molar-refractivity contribution in [3.05, 3.63) is 82.2 Å². The van der Waals surface area contributed by atoms with E-state index in [1.54, 1.807) is 18.2 Å². The highest BCUT2D eigenvalue weighted by Crippen LogP contribution is 2.19. The molecule has 0 atom stereocenters. The molecule has 1 aromatic heterocycles. The summed E-state index contributed by atoms with van der Waals surface area (Å²) >= 11 is 0. The van der Waals surface area contributed by atoms with Gasteiger partial charge in [0.1, 0.15) is 18.1 Å². The number of rotatable bonds is 7. The number of benzene rings is 2. The molecule has 0 saturated carbocycles. The van der Waals surface area contributed by atoms with Crippen LogP contribution in [0, 0.1) is 13.8 Å². The molecule has 2 amide bonds. The number of nitrogens with one attached hydrogen (secondary N) is 1. The van der Waals surface area contributed by atoms with Gasteiger partial charge in [-0.05, 0) is 62.6 Å². The summed E-state index contributed by atoms with van der Waals surface area (Å²) in [6.07, 6.45) is 2.12. The van der Waals surface area contributed by atoms with E-state index in [9.17, 15) is 9.59 Å². The van der Waals surface area contributed by atoms with Crippen molar-refractivity contribution >= 4 is 11.8 Å². The molecule has 2 aromatic carbocycles. The maximum Gasteiger partial charge on any atom is 0.253 e. The van der Waals surface area contributed by atoms with Crippen LogP contribution in [0.15, 0.2) is 53.1 Å². The van der Waals surface area contributed by atoms with Crippen LogP contribution in [0.2, 0.25) is 0 Å². The molecule has 0 bridgehead atoms. The first-order valence-corrected chi connectivity index (χ1v) is 10.8. The number of aryl methyl sites for hydroxylation is 2. The minimum absolute atomic E-state index is 0.0545. The Morgan fingerprint density at radius 2 is 1.81 bits per heavy atom. The zero-order chi connectivity index (χ0) is 22.5. The third kappa shape index (κ3) is 4.99. The van der Waals surface area contributed by atoms with Crippen molar-refractivity contribution in [1.82, 2.24) is 15.4 Å². The van der Waals surface area contributed by atoms with Crippen LogP contribution in [0.1, 0.15) is 56.1 Å².